The number of hydrogen-bond donors (Lipinski definition) is 0. The van der Waals surface area contributed by atoms with E-state index in [1.165, 1.54) is 5.56 Å². The summed E-state index contributed by atoms with van der Waals surface area (Å²) >= 11 is 0. The monoisotopic (exact) mass is 291 g/mol. The van der Waals surface area contributed by atoms with Crippen molar-refractivity contribution < 1.29 is 9.53 Å². The van der Waals surface area contributed by atoms with Gasteiger partial charge in [0.15, 0.2) is 0 Å². The summed E-state index contributed by atoms with van der Waals surface area (Å²) in [5.74, 6) is 0. The minimum absolute atomic E-state index is 0.213. The number of pyridine rings is 1. The smallest absolute Gasteiger partial charge is 0.410 e. The first-order valence-corrected chi connectivity index (χ1v) is 7.46. The fraction of sp³-hybridized carbons (Fsp3) is 0.625. The lowest BCUT2D eigenvalue weighted by molar-refractivity contribution is 0.00460. The second-order valence-corrected chi connectivity index (χ2v) is 6.61. The second kappa shape index (κ2) is 6.43. The van der Waals surface area contributed by atoms with Crippen LogP contribution in [0.5, 0.6) is 0 Å². The molecule has 21 heavy (non-hydrogen) atoms. The highest BCUT2D eigenvalue weighted by Gasteiger charge is 2.29. The van der Waals surface area contributed by atoms with Crippen LogP contribution in [-0.2, 0) is 11.3 Å². The Kier molecular flexibility index (Phi) is 4.83. The Morgan fingerprint density at radius 3 is 2.76 bits per heavy atom. The van der Waals surface area contributed by atoms with Crippen molar-refractivity contribution in [3.63, 3.8) is 0 Å². The van der Waals surface area contributed by atoms with Crippen LogP contribution in [0.25, 0.3) is 0 Å². The fourth-order valence-electron chi connectivity index (χ4n) is 2.45. The molecule has 0 N–H and O–H groups in total. The van der Waals surface area contributed by atoms with Crippen LogP contribution in [0.15, 0.2) is 24.5 Å². The van der Waals surface area contributed by atoms with Gasteiger partial charge in [0.2, 0.25) is 0 Å². The molecule has 1 aliphatic rings. The number of carbonyl (C=O) groups excluding carboxylic acids is 1. The van der Waals surface area contributed by atoms with Crippen molar-refractivity contribution in [3.8, 4) is 0 Å². The molecule has 0 saturated carbocycles. The Morgan fingerprint density at radius 1 is 1.43 bits per heavy atom. The number of aromatic nitrogens is 1. The van der Waals surface area contributed by atoms with Gasteiger partial charge in [-0.25, -0.2) is 4.79 Å². The maximum atomic E-state index is 12.1. The van der Waals surface area contributed by atoms with Crippen molar-refractivity contribution in [2.24, 2.45) is 0 Å². The van der Waals surface area contributed by atoms with Gasteiger partial charge < -0.3 is 9.64 Å². The molecule has 0 radical (unpaired) electrons. The van der Waals surface area contributed by atoms with Gasteiger partial charge in [-0.2, -0.15) is 0 Å². The van der Waals surface area contributed by atoms with Crippen LogP contribution >= 0.6 is 0 Å². The Hall–Kier alpha value is -1.62. The third-order valence-electron chi connectivity index (χ3n) is 3.53. The zero-order valence-corrected chi connectivity index (χ0v) is 13.4. The largest absolute Gasteiger partial charge is 0.444 e. The Morgan fingerprint density at radius 2 is 2.19 bits per heavy atom. The third kappa shape index (κ3) is 4.70. The van der Waals surface area contributed by atoms with Gasteiger partial charge in [-0.3, -0.25) is 9.88 Å². The Labute approximate surface area is 126 Å². The first-order valence-electron chi connectivity index (χ1n) is 7.46. The van der Waals surface area contributed by atoms with Crippen molar-refractivity contribution in [1.29, 1.82) is 0 Å². The molecule has 2 rings (SSSR count). The fourth-order valence-corrected chi connectivity index (χ4v) is 2.45. The van der Waals surface area contributed by atoms with Crippen molar-refractivity contribution in [1.82, 2.24) is 14.8 Å². The highest BCUT2D eigenvalue weighted by molar-refractivity contribution is 5.68. The summed E-state index contributed by atoms with van der Waals surface area (Å²) in [6.45, 7) is 11.0. The number of nitrogens with zero attached hydrogens (tertiary/aromatic N) is 3. The zero-order valence-electron chi connectivity index (χ0n) is 13.4. The minimum Gasteiger partial charge on any atom is -0.444 e. The molecule has 1 atom stereocenters. The maximum Gasteiger partial charge on any atom is 0.410 e. The lowest BCUT2D eigenvalue weighted by Crippen LogP contribution is -2.54. The molecule has 0 spiro atoms. The Bertz CT molecular complexity index is 470. The number of amides is 1. The first-order chi connectivity index (χ1) is 9.85. The Balaban J connectivity index is 1.89. The quantitative estimate of drug-likeness (QED) is 0.840. The summed E-state index contributed by atoms with van der Waals surface area (Å²) in [7, 11) is 0. The molecule has 5 heteroatoms. The summed E-state index contributed by atoms with van der Waals surface area (Å²) in [5.41, 5.74) is 0.766. The van der Waals surface area contributed by atoms with Crippen LogP contribution < -0.4 is 0 Å². The number of ether oxygens (including phenoxy) is 1. The molecule has 0 aliphatic carbocycles. The molecular formula is C16H25N3O2. The molecule has 116 valence electrons. The van der Waals surface area contributed by atoms with E-state index in [1.54, 1.807) is 11.1 Å². The number of carbonyl (C=O) groups is 1. The number of hydrogen-bond acceptors (Lipinski definition) is 4. The SMILES string of the molecule is C[C@H]1CN(C(=O)OC(C)(C)C)CCN1Cc1cccnc1. The molecule has 2 heterocycles. The predicted molar refractivity (Wildman–Crippen MR) is 81.9 cm³/mol. The van der Waals surface area contributed by atoms with Crippen molar-refractivity contribution >= 4 is 6.09 Å². The van der Waals surface area contributed by atoms with Crippen molar-refractivity contribution in [2.45, 2.75) is 45.9 Å². The van der Waals surface area contributed by atoms with Crippen LogP contribution in [0.2, 0.25) is 0 Å². The molecular weight excluding hydrogens is 266 g/mol. The lowest BCUT2D eigenvalue weighted by Gasteiger charge is -2.40. The second-order valence-electron chi connectivity index (χ2n) is 6.61. The summed E-state index contributed by atoms with van der Waals surface area (Å²) < 4.78 is 5.44. The van der Waals surface area contributed by atoms with Crippen LogP contribution in [-0.4, -0.2) is 52.2 Å². The first kappa shape index (κ1) is 15.8. The maximum absolute atomic E-state index is 12.1. The standard InChI is InChI=1S/C16H25N3O2/c1-13-11-19(15(20)21-16(2,3)4)9-8-18(13)12-14-6-5-7-17-10-14/h5-7,10,13H,8-9,11-12H2,1-4H3/t13-/m0/s1. The third-order valence-corrected chi connectivity index (χ3v) is 3.53. The van der Waals surface area contributed by atoms with Gasteiger partial charge in [-0.15, -0.1) is 0 Å². The lowest BCUT2D eigenvalue weighted by atomic mass is 10.1. The van der Waals surface area contributed by atoms with E-state index in [0.29, 0.717) is 19.1 Å². The molecule has 1 aromatic heterocycles. The summed E-state index contributed by atoms with van der Waals surface area (Å²) in [6, 6.07) is 4.35. The zero-order chi connectivity index (χ0) is 15.5. The van der Waals surface area contributed by atoms with E-state index in [-0.39, 0.29) is 6.09 Å². The van der Waals surface area contributed by atoms with E-state index in [0.717, 1.165) is 13.1 Å². The molecule has 1 aromatic rings. The van der Waals surface area contributed by atoms with Gasteiger partial charge in [-0.1, -0.05) is 6.07 Å². The predicted octanol–water partition coefficient (Wildman–Crippen LogP) is 2.52. The van der Waals surface area contributed by atoms with E-state index in [2.05, 4.69) is 22.9 Å². The minimum atomic E-state index is -0.437. The van der Waals surface area contributed by atoms with E-state index < -0.39 is 5.60 Å². The summed E-state index contributed by atoms with van der Waals surface area (Å²) in [5, 5.41) is 0. The van der Waals surface area contributed by atoms with Crippen LogP contribution in [0.4, 0.5) is 4.79 Å². The van der Waals surface area contributed by atoms with Gasteiger partial charge in [0.05, 0.1) is 0 Å². The van der Waals surface area contributed by atoms with Crippen molar-refractivity contribution in [3.05, 3.63) is 30.1 Å². The van der Waals surface area contributed by atoms with E-state index in [9.17, 15) is 4.79 Å². The van der Waals surface area contributed by atoms with Gasteiger partial charge in [0.1, 0.15) is 5.60 Å². The number of piperazine rings is 1. The van der Waals surface area contributed by atoms with Gasteiger partial charge in [0, 0.05) is 44.6 Å². The molecule has 0 bridgehead atoms. The molecule has 1 aliphatic heterocycles. The van der Waals surface area contributed by atoms with Crippen LogP contribution in [0.1, 0.15) is 33.3 Å². The molecule has 1 saturated heterocycles. The van der Waals surface area contributed by atoms with Gasteiger partial charge >= 0.3 is 6.09 Å². The normalized spacial score (nSPS) is 20.4. The summed E-state index contributed by atoms with van der Waals surface area (Å²) in [6.07, 6.45) is 3.47. The molecule has 5 nitrogen and oxygen atoms in total. The molecule has 1 amide bonds. The average molecular weight is 291 g/mol. The molecule has 1 fully saturated rings. The van der Waals surface area contributed by atoms with E-state index in [4.69, 9.17) is 4.74 Å². The molecule has 0 unspecified atom stereocenters. The highest BCUT2D eigenvalue weighted by Crippen LogP contribution is 2.16. The van der Waals surface area contributed by atoms with Gasteiger partial charge in [-0.05, 0) is 39.3 Å². The number of rotatable bonds is 2. The highest BCUT2D eigenvalue weighted by atomic mass is 16.6. The van der Waals surface area contributed by atoms with Crippen LogP contribution in [0, 0.1) is 0 Å². The average Bonchev–Trinajstić information content (AvgIpc) is 2.40. The molecule has 0 aromatic carbocycles. The van der Waals surface area contributed by atoms with E-state index >= 15 is 0 Å². The van der Waals surface area contributed by atoms with E-state index in [1.807, 2.05) is 33.0 Å². The topological polar surface area (TPSA) is 45.7 Å². The van der Waals surface area contributed by atoms with Crippen molar-refractivity contribution in [2.75, 3.05) is 19.6 Å². The van der Waals surface area contributed by atoms with Crippen LogP contribution in [0.3, 0.4) is 0 Å². The summed E-state index contributed by atoms with van der Waals surface area (Å²) in [4.78, 5) is 20.4. The van der Waals surface area contributed by atoms with Gasteiger partial charge in [0.25, 0.3) is 0 Å².